The van der Waals surface area contributed by atoms with Gasteiger partial charge in [0.05, 0.1) is 23.3 Å². The summed E-state index contributed by atoms with van der Waals surface area (Å²) in [5.41, 5.74) is 7.78. The summed E-state index contributed by atoms with van der Waals surface area (Å²) >= 11 is 0. The Bertz CT molecular complexity index is 614. The van der Waals surface area contributed by atoms with Gasteiger partial charge in [-0.25, -0.2) is 0 Å². The zero-order chi connectivity index (χ0) is 14.0. The van der Waals surface area contributed by atoms with E-state index in [4.69, 9.17) is 5.73 Å². The van der Waals surface area contributed by atoms with Crippen molar-refractivity contribution < 1.29 is 4.79 Å². The summed E-state index contributed by atoms with van der Waals surface area (Å²) in [6, 6.07) is 9.47. The molecule has 0 aliphatic rings. The number of carbonyl (C=O) groups is 1. The van der Waals surface area contributed by atoms with E-state index < -0.39 is 0 Å². The fraction of sp³-hybridized carbons (Fsp3) is 0.333. The molecule has 100 valence electrons. The Morgan fingerprint density at radius 1 is 1.26 bits per heavy atom. The number of anilines is 1. The molecule has 0 fully saturated rings. The number of hydrogen-bond acceptors (Lipinski definition) is 3. The summed E-state index contributed by atoms with van der Waals surface area (Å²) in [5.74, 6) is -0.0335. The number of fused-ring (bicyclic) bond motifs is 1. The Kier molecular flexibility index (Phi) is 3.42. The molecule has 1 aromatic carbocycles. The number of nitrogens with one attached hydrogen (secondary N) is 1. The molecular weight excluding hydrogens is 238 g/mol. The lowest BCUT2D eigenvalue weighted by molar-refractivity contribution is -0.121. The average molecular weight is 257 g/mol. The lowest BCUT2D eigenvalue weighted by Gasteiger charge is -2.20. The highest BCUT2D eigenvalue weighted by Gasteiger charge is 2.14. The van der Waals surface area contributed by atoms with Gasteiger partial charge in [-0.05, 0) is 32.9 Å². The van der Waals surface area contributed by atoms with Gasteiger partial charge in [0.1, 0.15) is 0 Å². The van der Waals surface area contributed by atoms with Crippen molar-refractivity contribution in [2.24, 2.45) is 0 Å². The Morgan fingerprint density at radius 3 is 2.68 bits per heavy atom. The summed E-state index contributed by atoms with van der Waals surface area (Å²) in [6.45, 7) is 5.87. The van der Waals surface area contributed by atoms with Crippen molar-refractivity contribution in [3.63, 3.8) is 0 Å². The van der Waals surface area contributed by atoms with Gasteiger partial charge in [-0.3, -0.25) is 9.78 Å². The van der Waals surface area contributed by atoms with E-state index in [-0.39, 0.29) is 17.9 Å². The summed E-state index contributed by atoms with van der Waals surface area (Å²) in [5, 5.41) is 3.91. The van der Waals surface area contributed by atoms with Crippen LogP contribution in [-0.2, 0) is 11.2 Å². The highest BCUT2D eigenvalue weighted by Crippen LogP contribution is 2.19. The van der Waals surface area contributed by atoms with Gasteiger partial charge in [0.15, 0.2) is 0 Å². The minimum Gasteiger partial charge on any atom is -0.397 e. The number of nitrogen functional groups attached to an aromatic ring is 1. The SMILES string of the molecule is CC(C)(C)NC(=O)Cc1ccc2cccc(N)c2n1. The van der Waals surface area contributed by atoms with E-state index in [0.29, 0.717) is 5.69 Å². The maximum atomic E-state index is 11.9. The molecule has 0 saturated heterocycles. The van der Waals surface area contributed by atoms with Crippen molar-refractivity contribution in [2.75, 3.05) is 5.73 Å². The van der Waals surface area contributed by atoms with Crippen LogP contribution in [0.5, 0.6) is 0 Å². The molecule has 2 rings (SSSR count). The normalized spacial score (nSPS) is 11.5. The molecule has 2 aromatic rings. The molecule has 0 atom stereocenters. The average Bonchev–Trinajstić information content (AvgIpc) is 2.27. The number of benzene rings is 1. The van der Waals surface area contributed by atoms with Gasteiger partial charge in [-0.1, -0.05) is 18.2 Å². The number of para-hydroxylation sites is 1. The molecule has 1 amide bonds. The third-order valence-corrected chi connectivity index (χ3v) is 2.67. The second-order valence-electron chi connectivity index (χ2n) is 5.70. The molecule has 19 heavy (non-hydrogen) atoms. The summed E-state index contributed by atoms with van der Waals surface area (Å²) in [4.78, 5) is 16.3. The van der Waals surface area contributed by atoms with Crippen LogP contribution in [-0.4, -0.2) is 16.4 Å². The minimum absolute atomic E-state index is 0.0335. The molecule has 0 aliphatic carbocycles. The number of aromatic nitrogens is 1. The number of hydrogen-bond donors (Lipinski definition) is 2. The molecule has 0 saturated carbocycles. The minimum atomic E-state index is -0.229. The lowest BCUT2D eigenvalue weighted by Crippen LogP contribution is -2.41. The Labute approximate surface area is 113 Å². The molecule has 1 heterocycles. The third-order valence-electron chi connectivity index (χ3n) is 2.67. The summed E-state index contributed by atoms with van der Waals surface area (Å²) in [6.07, 6.45) is 0.265. The van der Waals surface area contributed by atoms with E-state index in [9.17, 15) is 4.79 Å². The first-order valence-corrected chi connectivity index (χ1v) is 6.30. The Balaban J connectivity index is 2.22. The number of rotatable bonds is 2. The van der Waals surface area contributed by atoms with Crippen LogP contribution in [0, 0.1) is 0 Å². The quantitative estimate of drug-likeness (QED) is 0.811. The molecule has 0 unspecified atom stereocenters. The van der Waals surface area contributed by atoms with E-state index in [0.717, 1.165) is 16.6 Å². The highest BCUT2D eigenvalue weighted by atomic mass is 16.1. The number of amides is 1. The zero-order valence-corrected chi connectivity index (χ0v) is 11.5. The molecule has 0 spiro atoms. The number of carbonyl (C=O) groups excluding carboxylic acids is 1. The molecule has 0 aliphatic heterocycles. The van der Waals surface area contributed by atoms with Crippen LogP contribution in [0.3, 0.4) is 0 Å². The smallest absolute Gasteiger partial charge is 0.226 e. The molecule has 4 heteroatoms. The third kappa shape index (κ3) is 3.44. The van der Waals surface area contributed by atoms with E-state index in [1.807, 2.05) is 51.1 Å². The first-order chi connectivity index (χ1) is 8.85. The van der Waals surface area contributed by atoms with Crippen LogP contribution in [0.1, 0.15) is 26.5 Å². The van der Waals surface area contributed by atoms with Gasteiger partial charge < -0.3 is 11.1 Å². The lowest BCUT2D eigenvalue weighted by atomic mass is 10.1. The van der Waals surface area contributed by atoms with E-state index in [1.165, 1.54) is 0 Å². The van der Waals surface area contributed by atoms with Gasteiger partial charge in [-0.15, -0.1) is 0 Å². The Morgan fingerprint density at radius 2 is 2.00 bits per heavy atom. The van der Waals surface area contributed by atoms with Gasteiger partial charge in [0.2, 0.25) is 5.91 Å². The van der Waals surface area contributed by atoms with Crippen molar-refractivity contribution in [2.45, 2.75) is 32.7 Å². The second-order valence-corrected chi connectivity index (χ2v) is 5.70. The Hall–Kier alpha value is -2.10. The molecule has 4 nitrogen and oxygen atoms in total. The topological polar surface area (TPSA) is 68.0 Å². The van der Waals surface area contributed by atoms with Crippen molar-refractivity contribution >= 4 is 22.5 Å². The molecule has 1 aromatic heterocycles. The molecule has 0 bridgehead atoms. The van der Waals surface area contributed by atoms with Crippen LogP contribution >= 0.6 is 0 Å². The van der Waals surface area contributed by atoms with Gasteiger partial charge in [-0.2, -0.15) is 0 Å². The maximum absolute atomic E-state index is 11.9. The van der Waals surface area contributed by atoms with Crippen LogP contribution in [0.25, 0.3) is 10.9 Å². The predicted molar refractivity (Wildman–Crippen MR) is 77.8 cm³/mol. The van der Waals surface area contributed by atoms with Crippen LogP contribution in [0.2, 0.25) is 0 Å². The number of pyridine rings is 1. The standard InChI is InChI=1S/C15H19N3O/c1-15(2,3)18-13(19)9-11-8-7-10-5-4-6-12(16)14(10)17-11/h4-8H,9,16H2,1-3H3,(H,18,19). The van der Waals surface area contributed by atoms with Gasteiger partial charge in [0, 0.05) is 10.9 Å². The largest absolute Gasteiger partial charge is 0.397 e. The fourth-order valence-corrected chi connectivity index (χ4v) is 1.94. The number of nitrogens with zero attached hydrogens (tertiary/aromatic N) is 1. The van der Waals surface area contributed by atoms with Crippen LogP contribution < -0.4 is 11.1 Å². The second kappa shape index (κ2) is 4.88. The maximum Gasteiger partial charge on any atom is 0.226 e. The molecule has 3 N–H and O–H groups in total. The van der Waals surface area contributed by atoms with Crippen molar-refractivity contribution in [1.82, 2.24) is 10.3 Å². The monoisotopic (exact) mass is 257 g/mol. The van der Waals surface area contributed by atoms with Crippen LogP contribution in [0.4, 0.5) is 5.69 Å². The fourth-order valence-electron chi connectivity index (χ4n) is 1.94. The van der Waals surface area contributed by atoms with Crippen molar-refractivity contribution in [1.29, 1.82) is 0 Å². The molecular formula is C15H19N3O. The first-order valence-electron chi connectivity index (χ1n) is 6.30. The van der Waals surface area contributed by atoms with E-state index in [2.05, 4.69) is 10.3 Å². The predicted octanol–water partition coefficient (Wildman–Crippen LogP) is 2.27. The molecule has 0 radical (unpaired) electrons. The van der Waals surface area contributed by atoms with Crippen LogP contribution in [0.15, 0.2) is 30.3 Å². The van der Waals surface area contributed by atoms with Crippen molar-refractivity contribution in [3.05, 3.63) is 36.0 Å². The van der Waals surface area contributed by atoms with Gasteiger partial charge >= 0.3 is 0 Å². The zero-order valence-electron chi connectivity index (χ0n) is 11.5. The number of nitrogens with two attached hydrogens (primary N) is 1. The highest BCUT2D eigenvalue weighted by molar-refractivity contribution is 5.89. The van der Waals surface area contributed by atoms with E-state index >= 15 is 0 Å². The summed E-state index contributed by atoms with van der Waals surface area (Å²) < 4.78 is 0. The van der Waals surface area contributed by atoms with E-state index in [1.54, 1.807) is 0 Å². The first kappa shape index (κ1) is 13.3. The summed E-state index contributed by atoms with van der Waals surface area (Å²) in [7, 11) is 0. The van der Waals surface area contributed by atoms with Crippen molar-refractivity contribution in [3.8, 4) is 0 Å². The van der Waals surface area contributed by atoms with Gasteiger partial charge in [0.25, 0.3) is 0 Å².